The predicted molar refractivity (Wildman–Crippen MR) is 56.2 cm³/mol. The van der Waals surface area contributed by atoms with Crippen LogP contribution in [0.3, 0.4) is 0 Å². The molecule has 16 heavy (non-hydrogen) atoms. The van der Waals surface area contributed by atoms with E-state index in [2.05, 4.69) is 23.1 Å². The molecule has 0 fully saturated rings. The smallest absolute Gasteiger partial charge is 0.213 e. The summed E-state index contributed by atoms with van der Waals surface area (Å²) >= 11 is 0. The molecule has 2 amide bonds. The van der Waals surface area contributed by atoms with Gasteiger partial charge in [0.15, 0.2) is 5.91 Å². The summed E-state index contributed by atoms with van der Waals surface area (Å²) in [6, 6.07) is 0. The molecule has 0 aliphatic heterocycles. The van der Waals surface area contributed by atoms with Crippen molar-refractivity contribution in [3.8, 4) is 0 Å². The van der Waals surface area contributed by atoms with E-state index < -0.39 is 0 Å². The topological polar surface area (TPSA) is 72.0 Å². The zero-order valence-corrected chi connectivity index (χ0v) is 12.2. The first kappa shape index (κ1) is 20.3. The molecule has 0 spiro atoms. The summed E-state index contributed by atoms with van der Waals surface area (Å²) in [5, 5.41) is 1.91. The molecule has 5 nitrogen and oxygen atoms in total. The summed E-state index contributed by atoms with van der Waals surface area (Å²) < 4.78 is 0. The van der Waals surface area contributed by atoms with Crippen LogP contribution in [0.4, 0.5) is 0 Å². The average Bonchev–Trinajstić information content (AvgIpc) is 2.20. The number of imide groups is 1. The standard InChI is InChI=1S/C5H5N2.C4H6NO2.CH3.W/c1-5-4-6-2-3-7-5;1-2-4(7)5-3-6;;/h2-3H,1H3;3H,1-2H2,(H,5,6,7);1H3;/q3*-1;. The Labute approximate surface area is 110 Å². The number of hydrogen-bond acceptors (Lipinski definition) is 4. The summed E-state index contributed by atoms with van der Waals surface area (Å²) in [7, 11) is 0. The molecule has 0 aromatic carbocycles. The van der Waals surface area contributed by atoms with E-state index in [1.807, 2.05) is 12.2 Å². The van der Waals surface area contributed by atoms with Gasteiger partial charge in [-0.2, -0.15) is 0 Å². The van der Waals surface area contributed by atoms with Crippen molar-refractivity contribution in [3.63, 3.8) is 0 Å². The molecule has 0 saturated heterocycles. The van der Waals surface area contributed by atoms with Gasteiger partial charge in [0.05, 0.1) is 0 Å². The number of carbonyl (C=O) groups excluding carboxylic acids is 2. The van der Waals surface area contributed by atoms with Gasteiger partial charge in [-0.3, -0.25) is 14.6 Å². The van der Waals surface area contributed by atoms with Gasteiger partial charge in [0.25, 0.3) is 0 Å². The number of nitrogens with zero attached hydrogens (tertiary/aromatic N) is 2. The summed E-state index contributed by atoms with van der Waals surface area (Å²) in [4.78, 5) is 27.0. The van der Waals surface area contributed by atoms with E-state index in [4.69, 9.17) is 0 Å². The second kappa shape index (κ2) is 13.9. The third-order valence-electron chi connectivity index (χ3n) is 1.08. The number of rotatable bonds is 2. The Balaban J connectivity index is -0.000000188. The first-order valence-corrected chi connectivity index (χ1v) is 3.88. The van der Waals surface area contributed by atoms with Crippen molar-refractivity contribution in [1.29, 1.82) is 0 Å². The van der Waals surface area contributed by atoms with Gasteiger partial charge in [-0.05, 0) is 18.8 Å². The van der Waals surface area contributed by atoms with Crippen molar-refractivity contribution in [2.75, 3.05) is 0 Å². The van der Waals surface area contributed by atoms with Crippen molar-refractivity contribution < 1.29 is 30.7 Å². The van der Waals surface area contributed by atoms with E-state index in [9.17, 15) is 9.59 Å². The molecular formula is C10H14N3O2W-3. The van der Waals surface area contributed by atoms with E-state index in [0.717, 1.165) is 5.69 Å². The van der Waals surface area contributed by atoms with Gasteiger partial charge in [-0.25, -0.2) is 0 Å². The monoisotopic (exact) mass is 392 g/mol. The van der Waals surface area contributed by atoms with Crippen molar-refractivity contribution in [2.45, 2.75) is 13.3 Å². The van der Waals surface area contributed by atoms with Crippen LogP contribution in [-0.2, 0) is 30.7 Å². The maximum Gasteiger partial charge on any atom is 0.213 e. The molecule has 6 heteroatoms. The van der Waals surface area contributed by atoms with Crippen LogP contribution in [-0.4, -0.2) is 22.3 Å². The molecule has 1 heterocycles. The maximum atomic E-state index is 10.0. The second-order valence-corrected chi connectivity index (χ2v) is 2.19. The Hall–Kier alpha value is -1.09. The van der Waals surface area contributed by atoms with E-state index in [-0.39, 0.29) is 40.8 Å². The summed E-state index contributed by atoms with van der Waals surface area (Å²) in [6.45, 7) is 5.09. The third kappa shape index (κ3) is 12.9. The zero-order valence-electron chi connectivity index (χ0n) is 9.27. The molecule has 90 valence electrons. The van der Waals surface area contributed by atoms with Crippen LogP contribution >= 0.6 is 0 Å². The molecule has 1 rings (SSSR count). The fourth-order valence-corrected chi connectivity index (χ4v) is 0.476. The Kier molecular flexibility index (Phi) is 17.7. The average molecular weight is 392 g/mol. The Bertz CT molecular complexity index is 281. The number of nitrogens with one attached hydrogen (secondary N) is 1. The third-order valence-corrected chi connectivity index (χ3v) is 1.08. The number of hydrogen-bond donors (Lipinski definition) is 1. The van der Waals surface area contributed by atoms with E-state index in [1.54, 1.807) is 12.4 Å². The molecule has 0 aliphatic rings. The molecule has 0 bridgehead atoms. The maximum absolute atomic E-state index is 10.0. The van der Waals surface area contributed by atoms with E-state index >= 15 is 0 Å². The number of carbonyl (C=O) groups is 2. The van der Waals surface area contributed by atoms with Gasteiger partial charge in [0.2, 0.25) is 6.41 Å². The van der Waals surface area contributed by atoms with Crippen molar-refractivity contribution >= 4 is 12.3 Å². The molecule has 0 radical (unpaired) electrons. The van der Waals surface area contributed by atoms with Crippen molar-refractivity contribution in [1.82, 2.24) is 15.3 Å². The Morgan fingerprint density at radius 3 is 2.44 bits per heavy atom. The number of aromatic nitrogens is 2. The quantitative estimate of drug-likeness (QED) is 0.589. The van der Waals surface area contributed by atoms with Gasteiger partial charge in [0.1, 0.15) is 0 Å². The summed E-state index contributed by atoms with van der Waals surface area (Å²) in [5.74, 6) is -0.352. The molecule has 0 unspecified atom stereocenters. The molecular weight excluding hydrogens is 378 g/mol. The molecule has 0 atom stereocenters. The predicted octanol–water partition coefficient (Wildman–Crippen LogP) is 0.516. The van der Waals surface area contributed by atoms with Gasteiger partial charge in [0, 0.05) is 21.1 Å². The van der Waals surface area contributed by atoms with E-state index in [1.165, 1.54) is 0 Å². The number of aryl methyl sites for hydroxylation is 1. The zero-order chi connectivity index (χ0) is 10.8. The minimum absolute atomic E-state index is 0. The summed E-state index contributed by atoms with van der Waals surface area (Å²) in [6.07, 6.45) is 6.37. The Morgan fingerprint density at radius 2 is 2.25 bits per heavy atom. The van der Waals surface area contributed by atoms with Gasteiger partial charge < -0.3 is 24.7 Å². The van der Waals surface area contributed by atoms with Crippen LogP contribution in [0, 0.1) is 27.5 Å². The van der Waals surface area contributed by atoms with Gasteiger partial charge in [-0.1, -0.05) is 0 Å². The molecule has 0 saturated carbocycles. The summed E-state index contributed by atoms with van der Waals surface area (Å²) in [5.41, 5.74) is 0.836. The normalized spacial score (nSPS) is 7.12. The van der Waals surface area contributed by atoms with Crippen LogP contribution in [0.1, 0.15) is 12.1 Å². The molecule has 0 aliphatic carbocycles. The fourth-order valence-electron chi connectivity index (χ4n) is 0.476. The second-order valence-electron chi connectivity index (χ2n) is 2.19. The van der Waals surface area contributed by atoms with Crippen LogP contribution < -0.4 is 5.32 Å². The molecule has 1 aromatic heterocycles. The molecule has 1 aromatic rings. The van der Waals surface area contributed by atoms with Crippen LogP contribution in [0.5, 0.6) is 0 Å². The number of amides is 2. The van der Waals surface area contributed by atoms with Gasteiger partial charge >= 0.3 is 0 Å². The van der Waals surface area contributed by atoms with Gasteiger partial charge in [-0.15, -0.1) is 18.8 Å². The van der Waals surface area contributed by atoms with Crippen LogP contribution in [0.25, 0.3) is 0 Å². The largest absolute Gasteiger partial charge is 0.456 e. The van der Waals surface area contributed by atoms with E-state index in [0.29, 0.717) is 6.41 Å². The van der Waals surface area contributed by atoms with Crippen LogP contribution in [0.2, 0.25) is 0 Å². The SMILES string of the molecule is Cc1[c-]nccn1.[CH2-]CC(=O)NC=O.[CH3-].[W]. The van der Waals surface area contributed by atoms with Crippen molar-refractivity contribution in [2.24, 2.45) is 0 Å². The Morgan fingerprint density at radius 1 is 1.62 bits per heavy atom. The fraction of sp³-hybridized carbons (Fsp3) is 0.200. The van der Waals surface area contributed by atoms with Crippen LogP contribution in [0.15, 0.2) is 12.4 Å². The molecule has 1 N–H and O–H groups in total. The first-order chi connectivity index (χ1) is 6.70. The minimum Gasteiger partial charge on any atom is -0.456 e. The van der Waals surface area contributed by atoms with Crippen molar-refractivity contribution in [3.05, 3.63) is 38.6 Å². The minimum atomic E-state index is -0.352. The first-order valence-electron chi connectivity index (χ1n) is 3.88.